The van der Waals surface area contributed by atoms with Gasteiger partial charge in [-0.15, -0.1) is 0 Å². The van der Waals surface area contributed by atoms with Crippen LogP contribution in [0.25, 0.3) is 0 Å². The van der Waals surface area contributed by atoms with Crippen LogP contribution >= 0.6 is 0 Å². The van der Waals surface area contributed by atoms with Gasteiger partial charge in [0.25, 0.3) is 8.32 Å². The Balaban J connectivity index is 2.23. The van der Waals surface area contributed by atoms with Crippen molar-refractivity contribution in [3.05, 3.63) is 90.5 Å². The monoisotopic (exact) mass is 907 g/mol. The van der Waals surface area contributed by atoms with Gasteiger partial charge in [0.05, 0.1) is 26.4 Å². The van der Waals surface area contributed by atoms with Crippen LogP contribution in [0.1, 0.15) is 143 Å². The van der Waals surface area contributed by atoms with Gasteiger partial charge in [-0.25, -0.2) is 0 Å². The Bertz CT molecular complexity index is 1620. The average molecular weight is 908 g/mol. The maximum absolute atomic E-state index is 10.9. The van der Waals surface area contributed by atoms with Crippen LogP contribution in [0.4, 0.5) is 0 Å². The lowest BCUT2D eigenvalue weighted by Crippen LogP contribution is -2.66. The third-order valence-electron chi connectivity index (χ3n) is 14.2. The first-order chi connectivity index (χ1) is 29.0. The van der Waals surface area contributed by atoms with E-state index in [2.05, 4.69) is 190 Å². The zero-order chi connectivity index (χ0) is 46.7. The minimum absolute atomic E-state index is 0.00440. The molecule has 6 nitrogen and oxygen atoms in total. The summed E-state index contributed by atoms with van der Waals surface area (Å²) in [5.41, 5.74) is 3.04. The second kappa shape index (κ2) is 23.4. The van der Waals surface area contributed by atoms with Gasteiger partial charge in [0.15, 0.2) is 0 Å². The van der Waals surface area contributed by atoms with E-state index in [4.69, 9.17) is 22.8 Å². The molecule has 0 aliphatic carbocycles. The molecule has 0 heterocycles. The lowest BCUT2D eigenvalue weighted by atomic mass is 9.83. The molecule has 0 saturated heterocycles. The molecule has 0 aliphatic heterocycles. The summed E-state index contributed by atoms with van der Waals surface area (Å²) in [6.45, 7) is 40.9. The van der Waals surface area contributed by atoms with Crippen LogP contribution in [0.5, 0.6) is 5.75 Å². The first kappa shape index (κ1) is 54.2. The molecule has 3 aromatic rings. The Morgan fingerprint density at radius 2 is 0.968 bits per heavy atom. The van der Waals surface area contributed by atoms with Crippen molar-refractivity contribution in [1.29, 1.82) is 0 Å². The van der Waals surface area contributed by atoms with Crippen molar-refractivity contribution in [2.24, 2.45) is 5.41 Å². The van der Waals surface area contributed by atoms with Crippen LogP contribution in [-0.4, -0.2) is 68.7 Å². The van der Waals surface area contributed by atoms with Crippen molar-refractivity contribution < 1.29 is 27.9 Å². The van der Waals surface area contributed by atoms with E-state index in [1.807, 2.05) is 12.1 Å². The van der Waals surface area contributed by atoms with Crippen LogP contribution < -0.4 is 15.1 Å². The second-order valence-corrected chi connectivity index (χ2v) is 36.8. The maximum Gasteiger partial charge on any atom is 0.261 e. The average Bonchev–Trinajstić information content (AvgIpc) is 3.21. The highest BCUT2D eigenvalue weighted by Gasteiger charge is 2.52. The third kappa shape index (κ3) is 12.6. The molecule has 9 heteroatoms. The fraction of sp³-hybridized carbons (Fsp3) is 0.660. The Morgan fingerprint density at radius 3 is 1.34 bits per heavy atom. The minimum atomic E-state index is -2.79. The molecule has 0 fully saturated rings. The summed E-state index contributed by atoms with van der Waals surface area (Å²) in [6.07, 6.45) is 1.61. The fourth-order valence-electron chi connectivity index (χ4n) is 11.1. The number of hydrogen-bond acceptors (Lipinski definition) is 6. The quantitative estimate of drug-likeness (QED) is 0.0810. The predicted molar refractivity (Wildman–Crippen MR) is 272 cm³/mol. The van der Waals surface area contributed by atoms with Gasteiger partial charge in [0.1, 0.15) is 5.75 Å². The fourth-order valence-corrected chi connectivity index (χ4v) is 26.9. The highest BCUT2D eigenvalue weighted by atomic mass is 28.4. The normalized spacial score (nSPS) is 15.0. The van der Waals surface area contributed by atoms with Crippen LogP contribution in [0.2, 0.25) is 38.3 Å². The molecule has 3 rings (SSSR count). The van der Waals surface area contributed by atoms with E-state index in [1.165, 1.54) is 10.4 Å². The van der Waals surface area contributed by atoms with E-state index in [9.17, 15) is 5.11 Å². The van der Waals surface area contributed by atoms with Gasteiger partial charge in [0.2, 0.25) is 16.6 Å². The van der Waals surface area contributed by atoms with Crippen molar-refractivity contribution in [3.8, 4) is 5.75 Å². The van der Waals surface area contributed by atoms with E-state index in [0.717, 1.165) is 24.2 Å². The third-order valence-corrected chi connectivity index (χ3v) is 31.6. The lowest BCUT2D eigenvalue weighted by molar-refractivity contribution is -0.0813. The highest BCUT2D eigenvalue weighted by Crippen LogP contribution is 2.47. The number of rotatable bonds is 26. The summed E-state index contributed by atoms with van der Waals surface area (Å²) in [5, 5.41) is 13.4. The zero-order valence-corrected chi connectivity index (χ0v) is 45.5. The Hall–Kier alpha value is -2.09. The Morgan fingerprint density at radius 1 is 0.548 bits per heavy atom. The molecule has 0 bridgehead atoms. The minimum Gasteiger partial charge on any atom is -0.497 e. The van der Waals surface area contributed by atoms with Crippen molar-refractivity contribution in [1.82, 2.24) is 0 Å². The molecule has 0 aromatic heterocycles. The predicted octanol–water partition coefficient (Wildman–Crippen LogP) is 13.5. The van der Waals surface area contributed by atoms with Crippen molar-refractivity contribution in [2.75, 3.05) is 20.3 Å². The summed E-state index contributed by atoms with van der Waals surface area (Å²) in [5.74, 6) is 0.820. The number of aliphatic hydroxyl groups is 1. The Kier molecular flexibility index (Phi) is 20.5. The topological polar surface area (TPSA) is 66.4 Å². The van der Waals surface area contributed by atoms with E-state index in [1.54, 1.807) is 7.11 Å². The molecule has 1 N–H and O–H groups in total. The summed E-state index contributed by atoms with van der Waals surface area (Å²) >= 11 is 0. The highest BCUT2D eigenvalue weighted by molar-refractivity contribution is 6.99. The molecule has 62 heavy (non-hydrogen) atoms. The number of hydrogen-bond donors (Lipinski definition) is 1. The number of aliphatic hydroxyl groups excluding tert-OH is 1. The molecule has 0 aliphatic rings. The molecule has 0 saturated carbocycles. The van der Waals surface area contributed by atoms with Gasteiger partial charge in [-0.05, 0) is 85.6 Å². The second-order valence-electron chi connectivity index (χ2n) is 21.7. The molecule has 350 valence electrons. The van der Waals surface area contributed by atoms with E-state index in [0.29, 0.717) is 52.9 Å². The van der Waals surface area contributed by atoms with Crippen LogP contribution in [-0.2, 0) is 24.6 Å². The van der Waals surface area contributed by atoms with Gasteiger partial charge in [-0.1, -0.05) is 190 Å². The number of ether oxygens (including phenoxy) is 2. The molecule has 0 radical (unpaired) electrons. The smallest absolute Gasteiger partial charge is 0.261 e. The van der Waals surface area contributed by atoms with Gasteiger partial charge in [0, 0.05) is 24.2 Å². The standard InChI is InChI=1S/C53H90O6Si3/c1-39(2)60(40(3)4,41(5)6)58-47(33-34-57-62(52(13,14)15,49-25-21-19-22-26-49)50-27-23-20-24-28-50)35-48(59-61(42(7)8,43(9)10)44(11)12)36-51(53(16,17)38-54)56-37-45-29-31-46(55-18)32-30-45/h19-32,39-44,47-48,51,54H,33-38H2,1-18H3/t47-,48+,51-/m0/s1. The van der Waals surface area contributed by atoms with Gasteiger partial charge in [-0.3, -0.25) is 0 Å². The maximum atomic E-state index is 10.9. The summed E-state index contributed by atoms with van der Waals surface area (Å²) in [6, 6.07) is 30.0. The van der Waals surface area contributed by atoms with Crippen molar-refractivity contribution in [2.45, 2.75) is 200 Å². The van der Waals surface area contributed by atoms with Crippen LogP contribution in [0, 0.1) is 5.41 Å². The summed E-state index contributed by atoms with van der Waals surface area (Å²) in [4.78, 5) is 0. The van der Waals surface area contributed by atoms with Crippen molar-refractivity contribution >= 4 is 35.3 Å². The Labute approximate surface area is 383 Å². The SMILES string of the molecule is COc1ccc(CO[C@@H](C[C@@H](C[C@H](CCO[Si](c2ccccc2)(c2ccccc2)C(C)(C)C)O[Si](C(C)C)(C(C)C)C(C)C)O[Si](C(C)C)(C(C)C)C(C)C)C(C)(C)CO)cc1. The molecule has 0 amide bonds. The van der Waals surface area contributed by atoms with Gasteiger partial charge < -0.3 is 27.9 Å². The molecule has 3 aromatic carbocycles. The lowest BCUT2D eigenvalue weighted by Gasteiger charge is -2.48. The van der Waals surface area contributed by atoms with E-state index < -0.39 is 30.4 Å². The number of methoxy groups -OCH3 is 1. The molecule has 0 unspecified atom stereocenters. The number of benzene rings is 3. The van der Waals surface area contributed by atoms with Gasteiger partial charge >= 0.3 is 0 Å². The van der Waals surface area contributed by atoms with E-state index >= 15 is 0 Å². The molecule has 3 atom stereocenters. The zero-order valence-electron chi connectivity index (χ0n) is 42.5. The van der Waals surface area contributed by atoms with Gasteiger partial charge in [-0.2, -0.15) is 0 Å². The molecular formula is C53H90O6Si3. The van der Waals surface area contributed by atoms with Crippen molar-refractivity contribution in [3.63, 3.8) is 0 Å². The van der Waals surface area contributed by atoms with Crippen LogP contribution in [0.15, 0.2) is 84.9 Å². The van der Waals surface area contributed by atoms with E-state index in [-0.39, 0.29) is 30.0 Å². The largest absolute Gasteiger partial charge is 0.497 e. The first-order valence-electron chi connectivity index (χ1n) is 23.9. The summed E-state index contributed by atoms with van der Waals surface area (Å²) < 4.78 is 35.8. The molecule has 0 spiro atoms. The first-order valence-corrected chi connectivity index (χ1v) is 30.1. The summed E-state index contributed by atoms with van der Waals surface area (Å²) in [7, 11) is -5.86. The molecular weight excluding hydrogens is 817 g/mol. The van der Waals surface area contributed by atoms with Crippen LogP contribution in [0.3, 0.4) is 0 Å².